The van der Waals surface area contributed by atoms with Crippen molar-refractivity contribution < 1.29 is 9.59 Å². The molecule has 0 aliphatic heterocycles. The molecule has 3 aromatic heterocycles. The number of thiophene rings is 2. The smallest absolute Gasteiger partial charge is 0.262 e. The van der Waals surface area contributed by atoms with Gasteiger partial charge in [0.05, 0.1) is 11.4 Å². The van der Waals surface area contributed by atoms with Crippen LogP contribution in [0.3, 0.4) is 0 Å². The van der Waals surface area contributed by atoms with Gasteiger partial charge in [0.1, 0.15) is 6.04 Å². The third-order valence-electron chi connectivity index (χ3n) is 4.80. The second-order valence-corrected chi connectivity index (χ2v) is 8.82. The third-order valence-corrected chi connectivity index (χ3v) is 6.53. The number of fused-ring (bicyclic) bond motifs is 1. The van der Waals surface area contributed by atoms with Gasteiger partial charge >= 0.3 is 0 Å². The lowest BCUT2D eigenvalue weighted by Crippen LogP contribution is -2.48. The Morgan fingerprint density at radius 2 is 1.86 bits per heavy atom. The fraction of sp³-hybridized carbons (Fsp3) is 0.182. The van der Waals surface area contributed by atoms with Crippen LogP contribution in [0.1, 0.15) is 20.1 Å². The zero-order valence-electron chi connectivity index (χ0n) is 15.9. The van der Waals surface area contributed by atoms with E-state index in [9.17, 15) is 9.59 Å². The zero-order valence-corrected chi connectivity index (χ0v) is 17.6. The summed E-state index contributed by atoms with van der Waals surface area (Å²) >= 11 is 2.98. The zero-order chi connectivity index (χ0) is 20.2. The Morgan fingerprint density at radius 3 is 2.62 bits per heavy atom. The van der Waals surface area contributed by atoms with Gasteiger partial charge in [-0.25, -0.2) is 0 Å². The van der Waals surface area contributed by atoms with E-state index in [0.29, 0.717) is 17.8 Å². The van der Waals surface area contributed by atoms with E-state index < -0.39 is 6.04 Å². The lowest BCUT2D eigenvalue weighted by Gasteiger charge is -2.24. The van der Waals surface area contributed by atoms with E-state index in [-0.39, 0.29) is 11.8 Å². The number of amides is 2. The highest BCUT2D eigenvalue weighted by Crippen LogP contribution is 2.20. The van der Waals surface area contributed by atoms with Gasteiger partial charge in [0.15, 0.2) is 0 Å². The van der Waals surface area contributed by atoms with Crippen molar-refractivity contribution in [2.24, 2.45) is 0 Å². The highest BCUT2D eigenvalue weighted by Gasteiger charge is 2.26. The molecule has 2 amide bonds. The van der Waals surface area contributed by atoms with Crippen molar-refractivity contribution in [3.63, 3.8) is 0 Å². The molecule has 0 aliphatic carbocycles. The Hall–Kier alpha value is -2.90. The molecule has 0 spiro atoms. The van der Waals surface area contributed by atoms with Crippen molar-refractivity contribution in [3.05, 3.63) is 80.8 Å². The standard InChI is InChI=1S/C22H21N3O2S2/c1-25(14-16-6-4-10-28-16)22(27)19(24-21(26)20-9-5-11-29-20)12-15-13-23-18-8-3-2-7-17(15)18/h2-11,13,19,23H,12,14H2,1H3,(H,24,26). The van der Waals surface area contributed by atoms with Crippen LogP contribution >= 0.6 is 22.7 Å². The topological polar surface area (TPSA) is 65.2 Å². The largest absolute Gasteiger partial charge is 0.361 e. The quantitative estimate of drug-likeness (QED) is 0.466. The van der Waals surface area contributed by atoms with Crippen LogP contribution < -0.4 is 5.32 Å². The number of carbonyl (C=O) groups excluding carboxylic acids is 2. The highest BCUT2D eigenvalue weighted by atomic mass is 32.1. The first-order valence-corrected chi connectivity index (χ1v) is 11.0. The molecule has 0 bridgehead atoms. The molecule has 3 heterocycles. The van der Waals surface area contributed by atoms with Crippen LogP contribution in [-0.4, -0.2) is 34.8 Å². The van der Waals surface area contributed by atoms with Crippen LogP contribution in [-0.2, 0) is 17.8 Å². The number of hydrogen-bond acceptors (Lipinski definition) is 4. The van der Waals surface area contributed by atoms with Gasteiger partial charge < -0.3 is 15.2 Å². The molecule has 4 aromatic rings. The monoisotopic (exact) mass is 423 g/mol. The van der Waals surface area contributed by atoms with E-state index in [1.807, 2.05) is 59.4 Å². The van der Waals surface area contributed by atoms with E-state index in [1.54, 1.807) is 29.4 Å². The maximum absolute atomic E-state index is 13.2. The van der Waals surface area contributed by atoms with E-state index in [4.69, 9.17) is 0 Å². The minimum absolute atomic E-state index is 0.103. The Kier molecular flexibility index (Phi) is 5.78. The molecular weight excluding hydrogens is 402 g/mol. The predicted molar refractivity (Wildman–Crippen MR) is 118 cm³/mol. The molecular formula is C22H21N3O2S2. The number of likely N-dealkylation sites (N-methyl/N-ethyl adjacent to an activating group) is 1. The van der Waals surface area contributed by atoms with Gasteiger partial charge in [-0.3, -0.25) is 9.59 Å². The fourth-order valence-corrected chi connectivity index (χ4v) is 4.72. The summed E-state index contributed by atoms with van der Waals surface area (Å²) < 4.78 is 0. The van der Waals surface area contributed by atoms with Crippen LogP contribution in [0.15, 0.2) is 65.5 Å². The molecule has 5 nitrogen and oxygen atoms in total. The Bertz CT molecular complexity index is 1100. The van der Waals surface area contributed by atoms with Crippen LogP contribution in [0.4, 0.5) is 0 Å². The second-order valence-electron chi connectivity index (χ2n) is 6.84. The molecule has 0 radical (unpaired) electrons. The van der Waals surface area contributed by atoms with Gasteiger partial charge in [0.25, 0.3) is 5.91 Å². The minimum Gasteiger partial charge on any atom is -0.361 e. The van der Waals surface area contributed by atoms with Crippen molar-refractivity contribution in [1.29, 1.82) is 0 Å². The average Bonchev–Trinajstić information content (AvgIpc) is 3.49. The number of nitrogens with one attached hydrogen (secondary N) is 2. The average molecular weight is 424 g/mol. The number of aromatic amines is 1. The molecule has 4 rings (SSSR count). The second kappa shape index (κ2) is 8.63. The number of para-hydroxylation sites is 1. The molecule has 148 valence electrons. The highest BCUT2D eigenvalue weighted by molar-refractivity contribution is 7.12. The maximum atomic E-state index is 13.2. The van der Waals surface area contributed by atoms with E-state index in [0.717, 1.165) is 21.3 Å². The summed E-state index contributed by atoms with van der Waals surface area (Å²) in [6, 6.07) is 14.9. The normalized spacial score (nSPS) is 12.0. The molecule has 2 N–H and O–H groups in total. The summed E-state index contributed by atoms with van der Waals surface area (Å²) in [7, 11) is 1.78. The van der Waals surface area contributed by atoms with Crippen molar-refractivity contribution >= 4 is 45.4 Å². The van der Waals surface area contributed by atoms with Crippen molar-refractivity contribution in [1.82, 2.24) is 15.2 Å². The molecule has 7 heteroatoms. The molecule has 0 saturated carbocycles. The van der Waals surface area contributed by atoms with Crippen LogP contribution in [0, 0.1) is 0 Å². The maximum Gasteiger partial charge on any atom is 0.262 e. The summed E-state index contributed by atoms with van der Waals surface area (Å²) in [6.45, 7) is 0.524. The van der Waals surface area contributed by atoms with Gasteiger partial charge in [-0.2, -0.15) is 0 Å². The number of hydrogen-bond donors (Lipinski definition) is 2. The summed E-state index contributed by atoms with van der Waals surface area (Å²) in [5, 5.41) is 7.87. The van der Waals surface area contributed by atoms with Gasteiger partial charge in [0, 0.05) is 35.4 Å². The van der Waals surface area contributed by atoms with Gasteiger partial charge in [-0.05, 0) is 34.5 Å². The Balaban J connectivity index is 1.57. The first-order chi connectivity index (χ1) is 14.1. The Labute approximate surface area is 177 Å². The molecule has 0 saturated heterocycles. The van der Waals surface area contributed by atoms with Gasteiger partial charge in [0.2, 0.25) is 5.91 Å². The van der Waals surface area contributed by atoms with E-state index >= 15 is 0 Å². The first-order valence-electron chi connectivity index (χ1n) is 9.28. The number of H-pyrrole nitrogens is 1. The molecule has 1 aromatic carbocycles. The summed E-state index contributed by atoms with van der Waals surface area (Å²) in [5.41, 5.74) is 2.03. The molecule has 1 unspecified atom stereocenters. The number of aromatic nitrogens is 1. The minimum atomic E-state index is -0.645. The Morgan fingerprint density at radius 1 is 1.07 bits per heavy atom. The number of benzene rings is 1. The predicted octanol–water partition coefficient (Wildman–Crippen LogP) is 4.29. The van der Waals surface area contributed by atoms with Crippen molar-refractivity contribution in [2.75, 3.05) is 7.05 Å². The molecule has 1 atom stereocenters. The van der Waals surface area contributed by atoms with Crippen LogP contribution in [0.5, 0.6) is 0 Å². The van der Waals surface area contributed by atoms with Crippen molar-refractivity contribution in [3.8, 4) is 0 Å². The molecule has 0 aliphatic rings. The SMILES string of the molecule is CN(Cc1cccs1)C(=O)C(Cc1c[nH]c2ccccc12)NC(=O)c1cccs1. The first kappa shape index (κ1) is 19.4. The fourth-order valence-electron chi connectivity index (χ4n) is 3.34. The number of carbonyl (C=O) groups is 2. The van der Waals surface area contributed by atoms with E-state index in [1.165, 1.54) is 11.3 Å². The lowest BCUT2D eigenvalue weighted by atomic mass is 10.0. The van der Waals surface area contributed by atoms with Crippen LogP contribution in [0.25, 0.3) is 10.9 Å². The number of nitrogens with zero attached hydrogens (tertiary/aromatic N) is 1. The number of rotatable bonds is 7. The molecule has 0 fully saturated rings. The van der Waals surface area contributed by atoms with Gasteiger partial charge in [-0.15, -0.1) is 22.7 Å². The molecule has 29 heavy (non-hydrogen) atoms. The van der Waals surface area contributed by atoms with Gasteiger partial charge in [-0.1, -0.05) is 30.3 Å². The van der Waals surface area contributed by atoms with Crippen LogP contribution in [0.2, 0.25) is 0 Å². The third kappa shape index (κ3) is 4.41. The lowest BCUT2D eigenvalue weighted by molar-refractivity contribution is -0.132. The van der Waals surface area contributed by atoms with E-state index in [2.05, 4.69) is 10.3 Å². The summed E-state index contributed by atoms with van der Waals surface area (Å²) in [6.07, 6.45) is 2.34. The van der Waals surface area contributed by atoms with Crippen molar-refractivity contribution in [2.45, 2.75) is 19.0 Å². The summed E-state index contributed by atoms with van der Waals surface area (Å²) in [4.78, 5) is 32.6. The summed E-state index contributed by atoms with van der Waals surface area (Å²) in [5.74, 6) is -0.323.